The molecule has 0 spiro atoms. The number of aryl methyl sites for hydroxylation is 1. The Balaban J connectivity index is 1.30. The molecule has 0 saturated carbocycles. The second-order valence-corrected chi connectivity index (χ2v) is 11.5. The Morgan fingerprint density at radius 1 is 0.511 bits per heavy atom. The molecule has 6 aromatic carbocycles. The van der Waals surface area contributed by atoms with Gasteiger partial charge < -0.3 is 8.98 Å². The van der Waals surface area contributed by atoms with Crippen molar-refractivity contribution < 1.29 is 4.42 Å². The fourth-order valence-electron chi connectivity index (χ4n) is 6.65. The van der Waals surface area contributed by atoms with Crippen molar-refractivity contribution in [2.75, 3.05) is 0 Å². The molecule has 0 fully saturated rings. The third-order valence-electron chi connectivity index (χ3n) is 8.63. The van der Waals surface area contributed by atoms with Crippen molar-refractivity contribution in [2.24, 2.45) is 0 Å². The zero-order valence-corrected chi connectivity index (χ0v) is 24.6. The molecule has 0 unspecified atom stereocenters. The zero-order chi connectivity index (χ0) is 29.9. The van der Waals surface area contributed by atoms with Crippen LogP contribution in [0.25, 0.3) is 83.3 Å². The van der Waals surface area contributed by atoms with Crippen LogP contribution in [0.1, 0.15) is 5.56 Å². The molecule has 0 aliphatic heterocycles. The molecule has 3 aromatic heterocycles. The first-order chi connectivity index (χ1) is 22.2. The summed E-state index contributed by atoms with van der Waals surface area (Å²) in [5.74, 6) is 0.680. The van der Waals surface area contributed by atoms with Gasteiger partial charge in [-0.2, -0.15) is 0 Å². The Kier molecular flexibility index (Phi) is 5.69. The molecule has 0 aliphatic rings. The van der Waals surface area contributed by atoms with E-state index < -0.39 is 0 Å². The monoisotopic (exact) mass is 577 g/mol. The normalized spacial score (nSPS) is 11.7. The maximum atomic E-state index is 6.79. The van der Waals surface area contributed by atoms with Crippen molar-refractivity contribution in [3.8, 4) is 39.5 Å². The van der Waals surface area contributed by atoms with Crippen LogP contribution < -0.4 is 0 Å². The minimum Gasteiger partial charge on any atom is -0.451 e. The molecule has 9 rings (SSSR count). The summed E-state index contributed by atoms with van der Waals surface area (Å²) in [6.07, 6.45) is 0. The SMILES string of the molecule is Cc1cc(-c2cccc3c2oc2c(-c4ccccc4)nc(-c4ccccc4)nc23)cc(-n2c3ccccc3c3ccccc32)c1. The van der Waals surface area contributed by atoms with Gasteiger partial charge in [-0.25, -0.2) is 9.97 Å². The van der Waals surface area contributed by atoms with Crippen LogP contribution in [0.4, 0.5) is 0 Å². The molecule has 212 valence electrons. The zero-order valence-electron chi connectivity index (χ0n) is 24.6. The maximum Gasteiger partial charge on any atom is 0.180 e. The van der Waals surface area contributed by atoms with Crippen molar-refractivity contribution in [1.29, 1.82) is 0 Å². The molecule has 0 saturated heterocycles. The lowest BCUT2D eigenvalue weighted by molar-refractivity contribution is 0.668. The number of furan rings is 1. The highest BCUT2D eigenvalue weighted by Crippen LogP contribution is 2.41. The largest absolute Gasteiger partial charge is 0.451 e. The molecule has 0 N–H and O–H groups in total. The van der Waals surface area contributed by atoms with Gasteiger partial charge in [-0.15, -0.1) is 0 Å². The molecule has 0 atom stereocenters. The molecule has 0 radical (unpaired) electrons. The van der Waals surface area contributed by atoms with Crippen LogP contribution in [-0.2, 0) is 0 Å². The van der Waals surface area contributed by atoms with E-state index in [1.807, 2.05) is 48.5 Å². The summed E-state index contributed by atoms with van der Waals surface area (Å²) in [5, 5.41) is 3.47. The summed E-state index contributed by atoms with van der Waals surface area (Å²) in [6, 6.07) is 50.7. The van der Waals surface area contributed by atoms with Crippen LogP contribution in [0.3, 0.4) is 0 Å². The Labute approximate surface area is 259 Å². The molecule has 4 nitrogen and oxygen atoms in total. The highest BCUT2D eigenvalue weighted by atomic mass is 16.3. The van der Waals surface area contributed by atoms with E-state index in [-0.39, 0.29) is 0 Å². The van der Waals surface area contributed by atoms with Crippen LogP contribution in [0.5, 0.6) is 0 Å². The fourth-order valence-corrected chi connectivity index (χ4v) is 6.65. The standard InChI is InChI=1S/C41H27N3O/c1-26-23-29(25-30(24-26)44-35-21-10-8-17-32(35)33-18-9-11-22-36(33)44)31-19-12-20-34-38-40(45-39(31)34)37(27-13-4-2-5-14-27)42-41(43-38)28-15-6-3-7-16-28/h2-25H,1H3. The molecule has 0 aliphatic carbocycles. The third-order valence-corrected chi connectivity index (χ3v) is 8.63. The van der Waals surface area contributed by atoms with Gasteiger partial charge in [-0.1, -0.05) is 115 Å². The number of para-hydroxylation sites is 3. The first-order valence-corrected chi connectivity index (χ1v) is 15.2. The van der Waals surface area contributed by atoms with E-state index in [0.717, 1.165) is 50.1 Å². The Hall–Kier alpha value is -6.00. The number of hydrogen-bond donors (Lipinski definition) is 0. The van der Waals surface area contributed by atoms with Gasteiger partial charge in [0.05, 0.1) is 11.0 Å². The van der Waals surface area contributed by atoms with E-state index in [4.69, 9.17) is 14.4 Å². The topological polar surface area (TPSA) is 43.9 Å². The summed E-state index contributed by atoms with van der Waals surface area (Å²) in [5.41, 5.74) is 11.9. The first kappa shape index (κ1) is 25.5. The number of nitrogens with zero attached hydrogens (tertiary/aromatic N) is 3. The number of fused-ring (bicyclic) bond motifs is 6. The van der Waals surface area contributed by atoms with E-state index in [0.29, 0.717) is 11.4 Å². The smallest absolute Gasteiger partial charge is 0.180 e. The van der Waals surface area contributed by atoms with E-state index in [9.17, 15) is 0 Å². The van der Waals surface area contributed by atoms with Crippen molar-refractivity contribution in [3.05, 3.63) is 151 Å². The summed E-state index contributed by atoms with van der Waals surface area (Å²) in [7, 11) is 0. The van der Waals surface area contributed by atoms with Crippen LogP contribution in [0, 0.1) is 6.92 Å². The van der Waals surface area contributed by atoms with Crippen molar-refractivity contribution >= 4 is 43.9 Å². The summed E-state index contributed by atoms with van der Waals surface area (Å²) in [4.78, 5) is 10.1. The van der Waals surface area contributed by atoms with Gasteiger partial charge in [-0.3, -0.25) is 0 Å². The Morgan fingerprint density at radius 2 is 1.13 bits per heavy atom. The molecular weight excluding hydrogens is 550 g/mol. The van der Waals surface area contributed by atoms with E-state index in [1.54, 1.807) is 0 Å². The van der Waals surface area contributed by atoms with Gasteiger partial charge in [0, 0.05) is 38.5 Å². The lowest BCUT2D eigenvalue weighted by Crippen LogP contribution is -1.95. The second-order valence-electron chi connectivity index (χ2n) is 11.5. The molecule has 0 bridgehead atoms. The number of rotatable bonds is 4. The van der Waals surface area contributed by atoms with E-state index >= 15 is 0 Å². The minimum atomic E-state index is 0.680. The molecule has 9 aromatic rings. The molecule has 0 amide bonds. The van der Waals surface area contributed by atoms with Gasteiger partial charge in [0.25, 0.3) is 0 Å². The highest BCUT2D eigenvalue weighted by molar-refractivity contribution is 6.12. The van der Waals surface area contributed by atoms with Crippen molar-refractivity contribution in [1.82, 2.24) is 14.5 Å². The maximum absolute atomic E-state index is 6.79. The lowest BCUT2D eigenvalue weighted by Gasteiger charge is -2.12. The summed E-state index contributed by atoms with van der Waals surface area (Å²) >= 11 is 0. The Morgan fingerprint density at radius 3 is 1.84 bits per heavy atom. The number of benzene rings is 6. The van der Waals surface area contributed by atoms with E-state index in [1.165, 1.54) is 27.4 Å². The molecule has 4 heteroatoms. The van der Waals surface area contributed by atoms with Crippen LogP contribution in [-0.4, -0.2) is 14.5 Å². The van der Waals surface area contributed by atoms with Gasteiger partial charge in [0.2, 0.25) is 0 Å². The Bertz CT molecular complexity index is 2490. The minimum absolute atomic E-state index is 0.680. The fraction of sp³-hybridized carbons (Fsp3) is 0.0244. The van der Waals surface area contributed by atoms with Crippen molar-refractivity contribution in [3.63, 3.8) is 0 Å². The molecular formula is C41H27N3O. The van der Waals surface area contributed by atoms with Crippen LogP contribution in [0.2, 0.25) is 0 Å². The van der Waals surface area contributed by atoms with Crippen LogP contribution in [0.15, 0.2) is 150 Å². The van der Waals surface area contributed by atoms with E-state index in [2.05, 4.69) is 109 Å². The number of aromatic nitrogens is 3. The lowest BCUT2D eigenvalue weighted by atomic mass is 10.00. The van der Waals surface area contributed by atoms with Crippen molar-refractivity contribution in [2.45, 2.75) is 6.92 Å². The first-order valence-electron chi connectivity index (χ1n) is 15.2. The summed E-state index contributed by atoms with van der Waals surface area (Å²) in [6.45, 7) is 2.16. The van der Waals surface area contributed by atoms with Gasteiger partial charge in [0.1, 0.15) is 16.8 Å². The average Bonchev–Trinajstić information content (AvgIpc) is 3.64. The molecule has 45 heavy (non-hydrogen) atoms. The van der Waals surface area contributed by atoms with Gasteiger partial charge in [-0.05, 0) is 48.4 Å². The molecule has 3 heterocycles. The second kappa shape index (κ2) is 10.0. The predicted octanol–water partition coefficient (Wildman–Crippen LogP) is 10.8. The summed E-state index contributed by atoms with van der Waals surface area (Å²) < 4.78 is 9.16. The number of hydrogen-bond acceptors (Lipinski definition) is 3. The average molecular weight is 578 g/mol. The third kappa shape index (κ3) is 4.07. The van der Waals surface area contributed by atoms with Gasteiger partial charge >= 0.3 is 0 Å². The predicted molar refractivity (Wildman–Crippen MR) is 185 cm³/mol. The highest BCUT2D eigenvalue weighted by Gasteiger charge is 2.21. The van der Waals surface area contributed by atoms with Gasteiger partial charge in [0.15, 0.2) is 11.4 Å². The quantitative estimate of drug-likeness (QED) is 0.209. The van der Waals surface area contributed by atoms with Crippen LogP contribution >= 0.6 is 0 Å².